The number of aryl methyl sites for hydroxylation is 1. The summed E-state index contributed by atoms with van der Waals surface area (Å²) in [7, 11) is 0. The maximum Gasteiger partial charge on any atom is 0.295 e. The minimum absolute atomic E-state index is 0.00481. The monoisotopic (exact) mass is 455 g/mol. The number of aliphatic hydroxyl groups excluding tert-OH is 1. The van der Waals surface area contributed by atoms with E-state index in [0.29, 0.717) is 23.5 Å². The van der Waals surface area contributed by atoms with E-state index >= 15 is 0 Å². The molecule has 1 saturated heterocycles. The van der Waals surface area contributed by atoms with Crippen LogP contribution in [-0.2, 0) is 16.0 Å². The van der Waals surface area contributed by atoms with Gasteiger partial charge in [-0.05, 0) is 53.9 Å². The number of hydrogen-bond acceptors (Lipinski definition) is 4. The Bertz CT molecular complexity index is 1430. The van der Waals surface area contributed by atoms with Gasteiger partial charge in [-0.3, -0.25) is 9.59 Å². The number of aliphatic hydroxyl groups is 1. The lowest BCUT2D eigenvalue weighted by Crippen LogP contribution is -2.31. The Morgan fingerprint density at radius 3 is 2.44 bits per heavy atom. The second-order valence-electron chi connectivity index (χ2n) is 8.34. The second kappa shape index (κ2) is 8.63. The molecule has 1 aliphatic rings. The third-order valence-electron chi connectivity index (χ3n) is 6.17. The highest BCUT2D eigenvalue weighted by Crippen LogP contribution is 2.41. The number of carbonyl (C=O) groups excluding carboxylic acids is 2. The molecular weight excluding hydrogens is 433 g/mol. The maximum atomic E-state index is 13.3. The lowest BCUT2D eigenvalue weighted by Gasteiger charge is -2.23. The quantitative estimate of drug-likeness (QED) is 0.244. The van der Waals surface area contributed by atoms with Gasteiger partial charge in [-0.1, -0.05) is 54.6 Å². The van der Waals surface area contributed by atoms with E-state index in [1.807, 2.05) is 30.3 Å². The molecule has 1 N–H and O–H groups in total. The number of amides is 1. The van der Waals surface area contributed by atoms with Gasteiger partial charge in [-0.15, -0.1) is 0 Å². The summed E-state index contributed by atoms with van der Waals surface area (Å²) in [5.74, 6) is -1.02. The largest absolute Gasteiger partial charge is 0.507 e. The van der Waals surface area contributed by atoms with Crippen molar-refractivity contribution in [3.63, 3.8) is 0 Å². The molecule has 0 radical (unpaired) electrons. The third-order valence-corrected chi connectivity index (χ3v) is 6.17. The molecular formula is C28H22FNO4. The first-order valence-corrected chi connectivity index (χ1v) is 11.0. The summed E-state index contributed by atoms with van der Waals surface area (Å²) in [6, 6.07) is 21.6. The number of ketones is 1. The van der Waals surface area contributed by atoms with Crippen molar-refractivity contribution in [3.05, 3.63) is 113 Å². The summed E-state index contributed by atoms with van der Waals surface area (Å²) in [6.45, 7) is 1.98. The van der Waals surface area contributed by atoms with Crippen LogP contribution in [-0.4, -0.2) is 28.2 Å². The number of carbonyl (C=O) groups is 2. The summed E-state index contributed by atoms with van der Waals surface area (Å²) in [6.07, 6.45) is 0.414. The van der Waals surface area contributed by atoms with E-state index in [0.717, 1.165) is 16.3 Å². The zero-order valence-electron chi connectivity index (χ0n) is 18.5. The van der Waals surface area contributed by atoms with Crippen molar-refractivity contribution >= 4 is 28.2 Å². The van der Waals surface area contributed by atoms with Gasteiger partial charge in [0.1, 0.15) is 29.1 Å². The van der Waals surface area contributed by atoms with E-state index in [1.54, 1.807) is 43.3 Å². The highest BCUT2D eigenvalue weighted by atomic mass is 19.1. The number of rotatable bonds is 5. The minimum Gasteiger partial charge on any atom is -0.507 e. The standard InChI is InChI=1S/C28H22FNO4/c1-17-9-14-23(34-17)25-24(26(31)22-8-4-6-19-5-2-3-7-21(19)22)27(32)28(33)30(25)16-15-18-10-12-20(29)13-11-18/h2-14,25,31H,15-16H2,1H3/b26-24-. The van der Waals surface area contributed by atoms with Gasteiger partial charge in [-0.2, -0.15) is 0 Å². The zero-order chi connectivity index (χ0) is 23.8. The fourth-order valence-corrected chi connectivity index (χ4v) is 4.48. The third kappa shape index (κ3) is 3.77. The molecule has 5 nitrogen and oxygen atoms in total. The predicted octanol–water partition coefficient (Wildman–Crippen LogP) is 5.54. The molecule has 1 unspecified atom stereocenters. The molecule has 3 aromatic carbocycles. The number of Topliss-reactive ketones (excluding diaryl/α,β-unsaturated/α-hetero) is 1. The summed E-state index contributed by atoms with van der Waals surface area (Å²) in [5, 5.41) is 13.1. The molecule has 5 rings (SSSR count). The Labute approximate surface area is 195 Å². The van der Waals surface area contributed by atoms with Crippen LogP contribution < -0.4 is 0 Å². The number of likely N-dealkylation sites (tertiary alicyclic amines) is 1. The number of fused-ring (bicyclic) bond motifs is 1. The van der Waals surface area contributed by atoms with Gasteiger partial charge in [-0.25, -0.2) is 4.39 Å². The van der Waals surface area contributed by atoms with Crippen molar-refractivity contribution in [2.75, 3.05) is 6.54 Å². The normalized spacial score (nSPS) is 17.6. The van der Waals surface area contributed by atoms with Gasteiger partial charge >= 0.3 is 0 Å². The molecule has 0 spiro atoms. The van der Waals surface area contributed by atoms with E-state index in [2.05, 4.69) is 0 Å². The first kappa shape index (κ1) is 21.6. The lowest BCUT2D eigenvalue weighted by atomic mass is 9.96. The van der Waals surface area contributed by atoms with E-state index in [4.69, 9.17) is 4.42 Å². The molecule has 1 fully saturated rings. The number of hydrogen-bond donors (Lipinski definition) is 1. The number of furan rings is 1. The molecule has 6 heteroatoms. The van der Waals surface area contributed by atoms with E-state index in [9.17, 15) is 19.1 Å². The Hall–Kier alpha value is -4.19. The van der Waals surface area contributed by atoms with Crippen LogP contribution in [0.2, 0.25) is 0 Å². The first-order chi connectivity index (χ1) is 16.4. The van der Waals surface area contributed by atoms with Crippen LogP contribution in [0.3, 0.4) is 0 Å². The van der Waals surface area contributed by atoms with Crippen molar-refractivity contribution in [2.24, 2.45) is 0 Å². The Morgan fingerprint density at radius 1 is 0.971 bits per heavy atom. The maximum absolute atomic E-state index is 13.3. The zero-order valence-corrected chi connectivity index (χ0v) is 18.5. The van der Waals surface area contributed by atoms with Crippen LogP contribution in [0.5, 0.6) is 0 Å². The molecule has 1 amide bonds. The predicted molar refractivity (Wildman–Crippen MR) is 127 cm³/mol. The molecule has 0 bridgehead atoms. The Balaban J connectivity index is 1.61. The SMILES string of the molecule is Cc1ccc(C2/C(=C(/O)c3cccc4ccccc34)C(=O)C(=O)N2CCc2ccc(F)cc2)o1. The van der Waals surface area contributed by atoms with Gasteiger partial charge < -0.3 is 14.4 Å². The van der Waals surface area contributed by atoms with Crippen molar-refractivity contribution in [1.29, 1.82) is 0 Å². The second-order valence-corrected chi connectivity index (χ2v) is 8.34. The Morgan fingerprint density at radius 2 is 1.71 bits per heavy atom. The topological polar surface area (TPSA) is 70.8 Å². The molecule has 2 heterocycles. The molecule has 0 aliphatic carbocycles. The van der Waals surface area contributed by atoms with Crippen LogP contribution in [0.15, 0.2) is 88.9 Å². The van der Waals surface area contributed by atoms with Gasteiger partial charge in [0.2, 0.25) is 0 Å². The number of nitrogens with zero attached hydrogens (tertiary/aromatic N) is 1. The molecule has 1 aromatic heterocycles. The fraction of sp³-hybridized carbons (Fsp3) is 0.143. The summed E-state index contributed by atoms with van der Waals surface area (Å²) >= 11 is 0. The van der Waals surface area contributed by atoms with Crippen LogP contribution in [0.25, 0.3) is 16.5 Å². The van der Waals surface area contributed by atoms with Crippen LogP contribution in [0.1, 0.15) is 28.7 Å². The highest BCUT2D eigenvalue weighted by Gasteiger charge is 2.47. The molecule has 0 saturated carbocycles. The number of halogens is 1. The molecule has 34 heavy (non-hydrogen) atoms. The lowest BCUT2D eigenvalue weighted by molar-refractivity contribution is -0.140. The first-order valence-electron chi connectivity index (χ1n) is 11.0. The summed E-state index contributed by atoms with van der Waals surface area (Å²) in [4.78, 5) is 27.7. The average molecular weight is 455 g/mol. The van der Waals surface area contributed by atoms with Gasteiger partial charge in [0.05, 0.1) is 5.57 Å². The van der Waals surface area contributed by atoms with E-state index < -0.39 is 17.7 Å². The summed E-state index contributed by atoms with van der Waals surface area (Å²) in [5.41, 5.74) is 1.30. The van der Waals surface area contributed by atoms with Crippen molar-refractivity contribution in [3.8, 4) is 0 Å². The van der Waals surface area contributed by atoms with Gasteiger partial charge in [0.25, 0.3) is 11.7 Å². The average Bonchev–Trinajstić information content (AvgIpc) is 3.38. The van der Waals surface area contributed by atoms with Crippen LogP contribution >= 0.6 is 0 Å². The molecule has 4 aromatic rings. The Kier molecular flexibility index (Phi) is 5.49. The molecule has 170 valence electrons. The minimum atomic E-state index is -0.867. The van der Waals surface area contributed by atoms with Crippen LogP contribution in [0.4, 0.5) is 4.39 Å². The van der Waals surface area contributed by atoms with E-state index in [-0.39, 0.29) is 23.7 Å². The van der Waals surface area contributed by atoms with Crippen molar-refractivity contribution in [2.45, 2.75) is 19.4 Å². The summed E-state index contributed by atoms with van der Waals surface area (Å²) < 4.78 is 19.1. The molecule has 1 atom stereocenters. The molecule has 1 aliphatic heterocycles. The van der Waals surface area contributed by atoms with Crippen molar-refractivity contribution < 1.29 is 23.5 Å². The van der Waals surface area contributed by atoms with Crippen LogP contribution in [0, 0.1) is 12.7 Å². The number of benzene rings is 3. The van der Waals surface area contributed by atoms with Gasteiger partial charge in [0.15, 0.2) is 0 Å². The van der Waals surface area contributed by atoms with Gasteiger partial charge in [0, 0.05) is 12.1 Å². The van der Waals surface area contributed by atoms with Crippen molar-refractivity contribution in [1.82, 2.24) is 4.90 Å². The fourth-order valence-electron chi connectivity index (χ4n) is 4.48. The smallest absolute Gasteiger partial charge is 0.295 e. The highest BCUT2D eigenvalue weighted by molar-refractivity contribution is 6.46. The van der Waals surface area contributed by atoms with E-state index in [1.165, 1.54) is 17.0 Å².